The molecule has 2 aromatic heterocycles. The van der Waals surface area contributed by atoms with E-state index in [9.17, 15) is 18.0 Å². The molecular weight excluding hydrogens is 409 g/mol. The van der Waals surface area contributed by atoms with E-state index in [-0.39, 0.29) is 16.8 Å². The van der Waals surface area contributed by atoms with Gasteiger partial charge in [0, 0.05) is 42.5 Å². The Balaban J connectivity index is 1.98. The van der Waals surface area contributed by atoms with Crippen molar-refractivity contribution in [3.63, 3.8) is 0 Å². The number of hydrogen-bond donors (Lipinski definition) is 2. The summed E-state index contributed by atoms with van der Waals surface area (Å²) in [5.74, 6) is -0.620. The van der Waals surface area contributed by atoms with Crippen LogP contribution in [0.15, 0.2) is 60.1 Å². The maximum atomic E-state index is 13.4. The lowest BCUT2D eigenvalue weighted by atomic mass is 10.00. The van der Waals surface area contributed by atoms with E-state index in [4.69, 9.17) is 5.73 Å². The van der Waals surface area contributed by atoms with E-state index in [1.807, 2.05) is 6.92 Å². The van der Waals surface area contributed by atoms with Gasteiger partial charge >= 0.3 is 6.18 Å². The van der Waals surface area contributed by atoms with Crippen molar-refractivity contribution in [2.45, 2.75) is 13.1 Å². The van der Waals surface area contributed by atoms with E-state index in [0.29, 0.717) is 11.4 Å². The average Bonchev–Trinajstić information content (AvgIpc) is 3.17. The summed E-state index contributed by atoms with van der Waals surface area (Å²) in [5, 5.41) is 6.88. The Kier molecular flexibility index (Phi) is 6.19. The SMILES string of the molecule is CN=CC=C(N)c1cc(C(=O)Nc2cnccc2-n2cc(C)cn2)ccc1C(F)(F)F. The van der Waals surface area contributed by atoms with Crippen LogP contribution in [-0.4, -0.2) is 33.9 Å². The molecule has 7 nitrogen and oxygen atoms in total. The van der Waals surface area contributed by atoms with Crippen molar-refractivity contribution in [2.75, 3.05) is 12.4 Å². The van der Waals surface area contributed by atoms with Gasteiger partial charge in [0.2, 0.25) is 0 Å². The van der Waals surface area contributed by atoms with Gasteiger partial charge in [-0.1, -0.05) is 0 Å². The number of pyridine rings is 1. The highest BCUT2D eigenvalue weighted by Gasteiger charge is 2.34. The molecule has 2 heterocycles. The number of amides is 1. The van der Waals surface area contributed by atoms with Crippen molar-refractivity contribution in [2.24, 2.45) is 10.7 Å². The van der Waals surface area contributed by atoms with Crippen LogP contribution in [-0.2, 0) is 6.18 Å². The van der Waals surface area contributed by atoms with Crippen LogP contribution in [0.5, 0.6) is 0 Å². The fourth-order valence-corrected chi connectivity index (χ4v) is 2.84. The van der Waals surface area contributed by atoms with Gasteiger partial charge in [0.1, 0.15) is 0 Å². The fraction of sp³-hybridized carbons (Fsp3) is 0.143. The highest BCUT2D eigenvalue weighted by atomic mass is 19.4. The number of aromatic nitrogens is 3. The van der Waals surface area contributed by atoms with Crippen LogP contribution >= 0.6 is 0 Å². The summed E-state index contributed by atoms with van der Waals surface area (Å²) in [7, 11) is 1.46. The topological polar surface area (TPSA) is 98.2 Å². The zero-order valence-corrected chi connectivity index (χ0v) is 16.7. The van der Waals surface area contributed by atoms with E-state index >= 15 is 0 Å². The summed E-state index contributed by atoms with van der Waals surface area (Å²) in [6.45, 7) is 1.87. The van der Waals surface area contributed by atoms with Crippen molar-refractivity contribution < 1.29 is 18.0 Å². The number of carbonyl (C=O) groups excluding carboxylic acids is 1. The molecule has 0 unspecified atom stereocenters. The van der Waals surface area contributed by atoms with Crippen molar-refractivity contribution in [1.29, 1.82) is 0 Å². The van der Waals surface area contributed by atoms with Gasteiger partial charge in [0.05, 0.1) is 29.3 Å². The van der Waals surface area contributed by atoms with Crippen LogP contribution in [0.1, 0.15) is 27.0 Å². The van der Waals surface area contributed by atoms with Crippen molar-refractivity contribution >= 4 is 23.5 Å². The third-order valence-electron chi connectivity index (χ3n) is 4.31. The van der Waals surface area contributed by atoms with Crippen molar-refractivity contribution in [3.8, 4) is 5.69 Å². The lowest BCUT2D eigenvalue weighted by Gasteiger charge is -2.15. The molecule has 0 aliphatic heterocycles. The second-order valence-corrected chi connectivity index (χ2v) is 6.60. The Hall–Kier alpha value is -3.95. The molecule has 160 valence electrons. The Labute approximate surface area is 176 Å². The first-order valence-corrected chi connectivity index (χ1v) is 9.07. The fourth-order valence-electron chi connectivity index (χ4n) is 2.84. The largest absolute Gasteiger partial charge is 0.417 e. The Bertz CT molecular complexity index is 1160. The van der Waals surface area contributed by atoms with Crippen LogP contribution in [0.4, 0.5) is 18.9 Å². The normalized spacial score (nSPS) is 12.4. The molecule has 31 heavy (non-hydrogen) atoms. The second kappa shape index (κ2) is 8.82. The number of benzene rings is 1. The number of rotatable bonds is 5. The summed E-state index contributed by atoms with van der Waals surface area (Å²) in [4.78, 5) is 20.5. The maximum absolute atomic E-state index is 13.4. The lowest BCUT2D eigenvalue weighted by molar-refractivity contribution is -0.137. The third kappa shape index (κ3) is 4.97. The molecule has 10 heteroatoms. The predicted octanol–water partition coefficient (Wildman–Crippen LogP) is 3.85. The number of nitrogens with two attached hydrogens (primary N) is 1. The Morgan fingerprint density at radius 1 is 1.26 bits per heavy atom. The molecular formula is C21H19F3N6O. The number of aryl methyl sites for hydroxylation is 1. The van der Waals surface area contributed by atoms with E-state index in [1.54, 1.807) is 29.3 Å². The van der Waals surface area contributed by atoms with Crippen LogP contribution in [0.2, 0.25) is 0 Å². The number of alkyl halides is 3. The molecule has 0 atom stereocenters. The molecule has 0 saturated heterocycles. The number of anilines is 1. The minimum Gasteiger partial charge on any atom is -0.398 e. The summed E-state index contributed by atoms with van der Waals surface area (Å²) in [6.07, 6.45) is 4.27. The van der Waals surface area contributed by atoms with Gasteiger partial charge in [-0.15, -0.1) is 0 Å². The Morgan fingerprint density at radius 2 is 2.03 bits per heavy atom. The molecule has 3 rings (SSSR count). The van der Waals surface area contributed by atoms with Crippen LogP contribution in [0.25, 0.3) is 11.4 Å². The number of nitrogens with one attached hydrogen (secondary N) is 1. The summed E-state index contributed by atoms with van der Waals surface area (Å²) >= 11 is 0. The van der Waals surface area contributed by atoms with Crippen LogP contribution in [0, 0.1) is 6.92 Å². The first-order chi connectivity index (χ1) is 14.7. The van der Waals surface area contributed by atoms with E-state index < -0.39 is 17.6 Å². The molecule has 1 amide bonds. The van der Waals surface area contributed by atoms with Gasteiger partial charge in [0.25, 0.3) is 5.91 Å². The first-order valence-electron chi connectivity index (χ1n) is 9.07. The van der Waals surface area contributed by atoms with Gasteiger partial charge < -0.3 is 11.1 Å². The van der Waals surface area contributed by atoms with Gasteiger partial charge in [-0.2, -0.15) is 18.3 Å². The molecule has 0 radical (unpaired) electrons. The first kappa shape index (κ1) is 21.8. The van der Waals surface area contributed by atoms with E-state index in [2.05, 4.69) is 20.4 Å². The molecule has 3 aromatic rings. The number of halogens is 3. The highest BCUT2D eigenvalue weighted by molar-refractivity contribution is 6.05. The monoisotopic (exact) mass is 428 g/mol. The molecule has 0 spiro atoms. The van der Waals surface area contributed by atoms with Crippen LogP contribution in [0.3, 0.4) is 0 Å². The van der Waals surface area contributed by atoms with E-state index in [1.165, 1.54) is 25.5 Å². The molecule has 3 N–H and O–H groups in total. The maximum Gasteiger partial charge on any atom is 0.417 e. The smallest absolute Gasteiger partial charge is 0.398 e. The molecule has 0 aliphatic carbocycles. The average molecular weight is 428 g/mol. The minimum atomic E-state index is -4.64. The summed E-state index contributed by atoms with van der Waals surface area (Å²) in [6, 6.07) is 4.68. The van der Waals surface area contributed by atoms with Gasteiger partial charge in [-0.25, -0.2) is 4.68 Å². The quantitative estimate of drug-likeness (QED) is 0.603. The number of carbonyl (C=O) groups is 1. The minimum absolute atomic E-state index is 0.000707. The molecule has 0 saturated carbocycles. The molecule has 1 aromatic carbocycles. The molecule has 0 bridgehead atoms. The number of allylic oxidation sites excluding steroid dienone is 1. The van der Waals surface area contributed by atoms with Gasteiger partial charge in [0.15, 0.2) is 0 Å². The summed E-state index contributed by atoms with van der Waals surface area (Å²) in [5.41, 5.74) is 6.21. The second-order valence-electron chi connectivity index (χ2n) is 6.60. The third-order valence-corrected chi connectivity index (χ3v) is 4.31. The highest BCUT2D eigenvalue weighted by Crippen LogP contribution is 2.34. The summed E-state index contributed by atoms with van der Waals surface area (Å²) < 4.78 is 41.8. The zero-order chi connectivity index (χ0) is 22.6. The lowest BCUT2D eigenvalue weighted by Crippen LogP contribution is -2.17. The number of aliphatic imine (C=N–C) groups is 1. The van der Waals surface area contributed by atoms with Crippen LogP contribution < -0.4 is 11.1 Å². The molecule has 0 fully saturated rings. The molecule has 0 aliphatic rings. The van der Waals surface area contributed by atoms with Crippen molar-refractivity contribution in [3.05, 3.63) is 77.4 Å². The predicted molar refractivity (Wildman–Crippen MR) is 112 cm³/mol. The van der Waals surface area contributed by atoms with Crippen molar-refractivity contribution in [1.82, 2.24) is 14.8 Å². The van der Waals surface area contributed by atoms with E-state index in [0.717, 1.165) is 23.8 Å². The number of hydrogen-bond acceptors (Lipinski definition) is 5. The standard InChI is InChI=1S/C21H19F3N6O/c1-13-10-28-30(12-13)19-6-8-27-11-18(19)29-20(31)14-3-4-16(21(22,23)24)15(9-14)17(25)5-7-26-2/h3-12H,25H2,1-2H3,(H,29,31). The van der Waals surface area contributed by atoms with Gasteiger partial charge in [-0.3, -0.25) is 14.8 Å². The number of nitrogens with zero attached hydrogens (tertiary/aromatic N) is 4. The Morgan fingerprint density at radius 3 is 2.68 bits per heavy atom. The van der Waals surface area contributed by atoms with Gasteiger partial charge in [-0.05, 0) is 42.8 Å². The zero-order valence-electron chi connectivity index (χ0n) is 16.7.